The van der Waals surface area contributed by atoms with Gasteiger partial charge in [0.2, 0.25) is 0 Å². The van der Waals surface area contributed by atoms with Crippen LogP contribution in [0.25, 0.3) is 0 Å². The number of aliphatic hydroxyl groups excluding tert-OH is 1. The van der Waals surface area contributed by atoms with Crippen LogP contribution in [0.4, 0.5) is 17.6 Å². The molecule has 2 rings (SSSR count). The zero-order chi connectivity index (χ0) is 19.5. The molecule has 0 aliphatic rings. The number of benzene rings is 1. The van der Waals surface area contributed by atoms with Gasteiger partial charge in [0.15, 0.2) is 0 Å². The summed E-state index contributed by atoms with van der Waals surface area (Å²) in [5.41, 5.74) is -2.99. The van der Waals surface area contributed by atoms with Crippen LogP contribution in [-0.2, 0) is 6.18 Å². The van der Waals surface area contributed by atoms with E-state index in [4.69, 9.17) is 16.7 Å². The Labute approximate surface area is 149 Å². The summed E-state index contributed by atoms with van der Waals surface area (Å²) in [4.78, 5) is 25.6. The average Bonchev–Trinajstić information content (AvgIpc) is 2.55. The zero-order valence-corrected chi connectivity index (χ0v) is 13.8. The van der Waals surface area contributed by atoms with Crippen molar-refractivity contribution in [2.75, 3.05) is 6.61 Å². The third kappa shape index (κ3) is 4.61. The van der Waals surface area contributed by atoms with Gasteiger partial charge in [0, 0.05) is 6.61 Å². The largest absolute Gasteiger partial charge is 0.421 e. The summed E-state index contributed by atoms with van der Waals surface area (Å²) in [5.74, 6) is -1.62. The van der Waals surface area contributed by atoms with Gasteiger partial charge in [-0.3, -0.25) is 9.59 Å². The van der Waals surface area contributed by atoms with Gasteiger partial charge < -0.3 is 15.4 Å². The van der Waals surface area contributed by atoms with Crippen molar-refractivity contribution in [3.05, 3.63) is 68.3 Å². The first-order valence-corrected chi connectivity index (χ1v) is 7.68. The van der Waals surface area contributed by atoms with Crippen molar-refractivity contribution in [1.82, 2.24) is 10.3 Å². The summed E-state index contributed by atoms with van der Waals surface area (Å²) in [6.45, 7) is -0.348. The van der Waals surface area contributed by atoms with Crippen molar-refractivity contribution in [3.8, 4) is 0 Å². The Morgan fingerprint density at radius 2 is 1.96 bits per heavy atom. The molecule has 0 bridgehead atoms. The third-order valence-corrected chi connectivity index (χ3v) is 3.84. The molecule has 0 saturated carbocycles. The molecule has 1 amide bonds. The van der Waals surface area contributed by atoms with E-state index in [0.717, 1.165) is 12.1 Å². The first kappa shape index (κ1) is 19.9. The molecule has 0 spiro atoms. The molecule has 5 nitrogen and oxygen atoms in total. The van der Waals surface area contributed by atoms with Crippen molar-refractivity contribution in [2.24, 2.45) is 0 Å². The molecule has 2 aromatic rings. The highest BCUT2D eigenvalue weighted by atomic mass is 35.5. The van der Waals surface area contributed by atoms with Gasteiger partial charge in [-0.1, -0.05) is 17.7 Å². The van der Waals surface area contributed by atoms with E-state index >= 15 is 0 Å². The fraction of sp³-hybridized carbons (Fsp3) is 0.250. The van der Waals surface area contributed by atoms with Crippen LogP contribution in [0.1, 0.15) is 34.1 Å². The standard InChI is InChI=1S/C16H13ClF4N2O3/c17-10-3-1-8(7-11(10)18)12(5-6-24)22-15(26)13-4-2-9(14(25)23-13)16(19,20)21/h1-4,7,12,24H,5-6H2,(H,22,26)(H,23,25). The lowest BCUT2D eigenvalue weighted by Gasteiger charge is -2.19. The minimum Gasteiger partial charge on any atom is -0.396 e. The summed E-state index contributed by atoms with van der Waals surface area (Å²) in [7, 11) is 0. The first-order valence-electron chi connectivity index (χ1n) is 7.30. The van der Waals surface area contributed by atoms with Crippen molar-refractivity contribution in [1.29, 1.82) is 0 Å². The molecule has 1 aromatic heterocycles. The third-order valence-electron chi connectivity index (χ3n) is 3.53. The maximum atomic E-state index is 13.6. The van der Waals surface area contributed by atoms with Crippen molar-refractivity contribution < 1.29 is 27.5 Å². The first-order chi connectivity index (χ1) is 12.1. The van der Waals surface area contributed by atoms with Gasteiger partial charge in [-0.15, -0.1) is 0 Å². The second kappa shape index (κ2) is 7.88. The predicted octanol–water partition coefficient (Wildman–Crippen LogP) is 3.04. The van der Waals surface area contributed by atoms with E-state index in [9.17, 15) is 27.2 Å². The molecular weight excluding hydrogens is 380 g/mol. The predicted molar refractivity (Wildman–Crippen MR) is 85.4 cm³/mol. The number of aromatic nitrogens is 1. The fourth-order valence-corrected chi connectivity index (χ4v) is 2.36. The number of H-pyrrole nitrogens is 1. The van der Waals surface area contributed by atoms with Gasteiger partial charge >= 0.3 is 6.18 Å². The van der Waals surface area contributed by atoms with Gasteiger partial charge in [-0.05, 0) is 36.2 Å². The van der Waals surface area contributed by atoms with Crippen LogP contribution in [0.15, 0.2) is 35.1 Å². The van der Waals surface area contributed by atoms with Crippen LogP contribution < -0.4 is 10.9 Å². The van der Waals surface area contributed by atoms with Crippen LogP contribution in [-0.4, -0.2) is 22.6 Å². The molecule has 140 valence electrons. The number of amides is 1. The van der Waals surface area contributed by atoms with Crippen LogP contribution in [0, 0.1) is 5.82 Å². The van der Waals surface area contributed by atoms with Gasteiger partial charge in [-0.2, -0.15) is 13.2 Å². The van der Waals surface area contributed by atoms with E-state index < -0.39 is 40.8 Å². The molecular formula is C16H13ClF4N2O3. The number of aromatic amines is 1. The second-order valence-corrected chi connectivity index (χ2v) is 5.73. The Kier molecular flexibility index (Phi) is 6.04. The zero-order valence-electron chi connectivity index (χ0n) is 13.0. The van der Waals surface area contributed by atoms with Crippen molar-refractivity contribution in [2.45, 2.75) is 18.6 Å². The van der Waals surface area contributed by atoms with Crippen LogP contribution >= 0.6 is 11.6 Å². The van der Waals surface area contributed by atoms with Gasteiger partial charge in [0.1, 0.15) is 17.1 Å². The lowest BCUT2D eigenvalue weighted by Crippen LogP contribution is -2.32. The summed E-state index contributed by atoms with van der Waals surface area (Å²) in [6, 6.07) is 4.24. The normalized spacial score (nSPS) is 12.7. The molecule has 10 heteroatoms. The van der Waals surface area contributed by atoms with E-state index in [2.05, 4.69) is 5.32 Å². The maximum Gasteiger partial charge on any atom is 0.421 e. The summed E-state index contributed by atoms with van der Waals surface area (Å²) >= 11 is 5.59. The average molecular weight is 393 g/mol. The molecule has 0 aliphatic heterocycles. The lowest BCUT2D eigenvalue weighted by molar-refractivity contribution is -0.138. The maximum absolute atomic E-state index is 13.6. The van der Waals surface area contributed by atoms with Gasteiger partial charge in [0.25, 0.3) is 11.5 Å². The Morgan fingerprint density at radius 3 is 2.50 bits per heavy atom. The monoisotopic (exact) mass is 392 g/mol. The Morgan fingerprint density at radius 1 is 1.27 bits per heavy atom. The topological polar surface area (TPSA) is 82.2 Å². The highest BCUT2D eigenvalue weighted by Gasteiger charge is 2.34. The number of hydrogen-bond acceptors (Lipinski definition) is 3. The molecule has 3 N–H and O–H groups in total. The number of carbonyl (C=O) groups excluding carboxylic acids is 1. The van der Waals surface area contributed by atoms with E-state index in [-0.39, 0.29) is 18.1 Å². The van der Waals surface area contributed by atoms with Gasteiger partial charge in [-0.25, -0.2) is 4.39 Å². The number of nitrogens with one attached hydrogen (secondary N) is 2. The molecule has 1 unspecified atom stereocenters. The quantitative estimate of drug-likeness (QED) is 0.684. The number of rotatable bonds is 5. The minimum atomic E-state index is -4.84. The van der Waals surface area contributed by atoms with E-state index in [0.29, 0.717) is 11.6 Å². The highest BCUT2D eigenvalue weighted by Crippen LogP contribution is 2.26. The Balaban J connectivity index is 2.26. The van der Waals surface area contributed by atoms with Gasteiger partial charge in [0.05, 0.1) is 11.1 Å². The van der Waals surface area contributed by atoms with Crippen LogP contribution in [0.5, 0.6) is 0 Å². The number of halogens is 5. The Hall–Kier alpha value is -2.39. The van der Waals surface area contributed by atoms with Crippen LogP contribution in [0.2, 0.25) is 5.02 Å². The molecule has 1 heterocycles. The molecule has 1 aromatic carbocycles. The molecule has 0 fully saturated rings. The smallest absolute Gasteiger partial charge is 0.396 e. The lowest BCUT2D eigenvalue weighted by atomic mass is 10.0. The number of carbonyl (C=O) groups is 1. The van der Waals surface area contributed by atoms with E-state index in [1.807, 2.05) is 4.98 Å². The number of alkyl halides is 3. The molecule has 1 atom stereocenters. The minimum absolute atomic E-state index is 0.0116. The number of pyridine rings is 1. The SMILES string of the molecule is O=C(NC(CCO)c1ccc(Cl)c(F)c1)c1ccc(C(F)(F)F)c(=O)[nH]1. The fourth-order valence-electron chi connectivity index (χ4n) is 2.25. The number of aliphatic hydroxyl groups is 1. The summed E-state index contributed by atoms with van der Waals surface area (Å²) in [5, 5.41) is 11.4. The molecule has 0 aliphatic carbocycles. The highest BCUT2D eigenvalue weighted by molar-refractivity contribution is 6.30. The molecule has 26 heavy (non-hydrogen) atoms. The van der Waals surface area contributed by atoms with Crippen molar-refractivity contribution >= 4 is 17.5 Å². The second-order valence-electron chi connectivity index (χ2n) is 5.32. The number of hydrogen-bond donors (Lipinski definition) is 3. The summed E-state index contributed by atoms with van der Waals surface area (Å²) in [6.07, 6.45) is -4.83. The molecule has 0 saturated heterocycles. The van der Waals surface area contributed by atoms with E-state index in [1.165, 1.54) is 12.1 Å². The molecule has 0 radical (unpaired) electrons. The summed E-state index contributed by atoms with van der Waals surface area (Å²) < 4.78 is 51.4. The van der Waals surface area contributed by atoms with E-state index in [1.54, 1.807) is 0 Å². The van der Waals surface area contributed by atoms with Crippen LogP contribution in [0.3, 0.4) is 0 Å². The van der Waals surface area contributed by atoms with Crippen molar-refractivity contribution in [3.63, 3.8) is 0 Å². The Bertz CT molecular complexity index is 867.